The molecule has 1 atom stereocenters. The molecule has 0 saturated heterocycles. The average molecular weight is 218 g/mol. The Hall–Kier alpha value is -1.06. The third kappa shape index (κ3) is 1.43. The molecule has 0 unspecified atom stereocenters. The second-order valence-electron chi connectivity index (χ2n) is 3.99. The van der Waals surface area contributed by atoms with Crippen molar-refractivity contribution < 1.29 is 17.6 Å². The molecule has 4 heteroatoms. The molecule has 0 aliphatic heterocycles. The van der Waals surface area contributed by atoms with Gasteiger partial charge < -0.3 is 0 Å². The van der Waals surface area contributed by atoms with E-state index in [9.17, 15) is 17.6 Å². The second kappa shape index (κ2) is 2.97. The molecular weight excluding hydrogens is 208 g/mol. The predicted molar refractivity (Wildman–Crippen MR) is 48.4 cm³/mol. The van der Waals surface area contributed by atoms with Crippen molar-refractivity contribution >= 4 is 0 Å². The van der Waals surface area contributed by atoms with Crippen molar-refractivity contribution in [1.82, 2.24) is 0 Å². The fourth-order valence-electron chi connectivity index (χ4n) is 1.77. The van der Waals surface area contributed by atoms with Crippen molar-refractivity contribution in [2.45, 2.75) is 31.1 Å². The van der Waals surface area contributed by atoms with E-state index in [1.54, 1.807) is 12.1 Å². The summed E-state index contributed by atoms with van der Waals surface area (Å²) in [6.45, 7) is 1.82. The normalized spacial score (nSPS) is 27.1. The summed E-state index contributed by atoms with van der Waals surface area (Å²) in [5.74, 6) is -9.08. The van der Waals surface area contributed by atoms with Gasteiger partial charge in [-0.1, -0.05) is 29.8 Å². The molecule has 1 aliphatic rings. The quantitative estimate of drug-likeness (QED) is 0.629. The molecule has 82 valence electrons. The van der Waals surface area contributed by atoms with Crippen molar-refractivity contribution in [2.24, 2.45) is 0 Å². The van der Waals surface area contributed by atoms with Gasteiger partial charge in [0, 0.05) is 6.42 Å². The van der Waals surface area contributed by atoms with Crippen LogP contribution in [-0.2, 0) is 0 Å². The van der Waals surface area contributed by atoms with Crippen LogP contribution in [0.1, 0.15) is 23.5 Å². The van der Waals surface area contributed by atoms with Gasteiger partial charge in [0.1, 0.15) is 0 Å². The van der Waals surface area contributed by atoms with Gasteiger partial charge >= 0.3 is 11.8 Å². The first-order valence-electron chi connectivity index (χ1n) is 4.67. The smallest absolute Gasteiger partial charge is 0.200 e. The van der Waals surface area contributed by atoms with Gasteiger partial charge in [-0.25, -0.2) is 0 Å². The SMILES string of the molecule is Cc1ccc([C@@H]2CC(F)(F)C2(F)F)cc1. The van der Waals surface area contributed by atoms with Crippen LogP contribution >= 0.6 is 0 Å². The Morgan fingerprint density at radius 1 is 1.07 bits per heavy atom. The highest BCUT2D eigenvalue weighted by Gasteiger charge is 2.71. The molecule has 1 fully saturated rings. The molecule has 0 nitrogen and oxygen atoms in total. The number of hydrogen-bond donors (Lipinski definition) is 0. The monoisotopic (exact) mass is 218 g/mol. The van der Waals surface area contributed by atoms with Crippen molar-refractivity contribution in [1.29, 1.82) is 0 Å². The Bertz CT molecular complexity index is 367. The summed E-state index contributed by atoms with van der Waals surface area (Å²) < 4.78 is 51.2. The topological polar surface area (TPSA) is 0 Å². The van der Waals surface area contributed by atoms with Crippen LogP contribution in [0.5, 0.6) is 0 Å². The van der Waals surface area contributed by atoms with Gasteiger partial charge in [-0.3, -0.25) is 0 Å². The van der Waals surface area contributed by atoms with E-state index in [2.05, 4.69) is 0 Å². The number of hydrogen-bond acceptors (Lipinski definition) is 0. The molecule has 1 saturated carbocycles. The lowest BCUT2D eigenvalue weighted by atomic mass is 9.72. The molecule has 0 spiro atoms. The summed E-state index contributed by atoms with van der Waals surface area (Å²) in [4.78, 5) is 0. The number of alkyl halides is 4. The summed E-state index contributed by atoms with van der Waals surface area (Å²) in [5.41, 5.74) is 1.21. The maximum Gasteiger partial charge on any atom is 0.317 e. The van der Waals surface area contributed by atoms with Crippen LogP contribution in [0, 0.1) is 6.92 Å². The maximum absolute atomic E-state index is 13.0. The van der Waals surface area contributed by atoms with Gasteiger partial charge in [-0.05, 0) is 12.5 Å². The second-order valence-corrected chi connectivity index (χ2v) is 3.99. The number of benzene rings is 1. The highest BCUT2D eigenvalue weighted by atomic mass is 19.3. The molecule has 1 aromatic carbocycles. The molecule has 0 heterocycles. The molecule has 0 aromatic heterocycles. The van der Waals surface area contributed by atoms with Crippen molar-refractivity contribution in [3.8, 4) is 0 Å². The van der Waals surface area contributed by atoms with Gasteiger partial charge in [0.05, 0.1) is 5.92 Å². The Morgan fingerprint density at radius 2 is 1.60 bits per heavy atom. The lowest BCUT2D eigenvalue weighted by Gasteiger charge is -2.44. The lowest BCUT2D eigenvalue weighted by Crippen LogP contribution is -2.56. The van der Waals surface area contributed by atoms with Gasteiger partial charge in [0.15, 0.2) is 0 Å². The fraction of sp³-hybridized carbons (Fsp3) is 0.455. The molecule has 1 aliphatic carbocycles. The molecule has 0 bridgehead atoms. The molecule has 0 radical (unpaired) electrons. The Kier molecular flexibility index (Phi) is 2.07. The van der Waals surface area contributed by atoms with E-state index in [-0.39, 0.29) is 5.56 Å². The minimum atomic E-state index is -3.90. The van der Waals surface area contributed by atoms with Crippen LogP contribution in [-0.4, -0.2) is 11.8 Å². The molecular formula is C11H10F4. The lowest BCUT2D eigenvalue weighted by molar-refractivity contribution is -0.290. The molecule has 15 heavy (non-hydrogen) atoms. The third-order valence-electron chi connectivity index (χ3n) is 2.87. The number of rotatable bonds is 1. The zero-order valence-corrected chi connectivity index (χ0v) is 8.11. The minimum absolute atomic E-state index is 0.288. The van der Waals surface area contributed by atoms with Crippen LogP contribution < -0.4 is 0 Å². The van der Waals surface area contributed by atoms with Gasteiger partial charge in [0.25, 0.3) is 0 Å². The Labute approximate surface area is 84.9 Å². The number of halogens is 4. The fourth-order valence-corrected chi connectivity index (χ4v) is 1.77. The van der Waals surface area contributed by atoms with Gasteiger partial charge in [-0.15, -0.1) is 0 Å². The zero-order chi connectivity index (χ0) is 11.3. The summed E-state index contributed by atoms with van der Waals surface area (Å²) in [5, 5.41) is 0. The van der Waals surface area contributed by atoms with Crippen LogP contribution in [0.4, 0.5) is 17.6 Å². The zero-order valence-electron chi connectivity index (χ0n) is 8.11. The molecule has 0 N–H and O–H groups in total. The first-order valence-corrected chi connectivity index (χ1v) is 4.67. The standard InChI is InChI=1S/C11H10F4/c1-7-2-4-8(5-3-7)9-6-10(12,13)11(9,14)15/h2-5,9H,6H2,1H3/t9-/m0/s1. The van der Waals surface area contributed by atoms with E-state index >= 15 is 0 Å². The summed E-state index contributed by atoms with van der Waals surface area (Å²) in [6, 6.07) is 6.29. The maximum atomic E-state index is 13.0. The highest BCUT2D eigenvalue weighted by molar-refractivity contribution is 5.31. The Balaban J connectivity index is 2.25. The van der Waals surface area contributed by atoms with E-state index in [0.29, 0.717) is 0 Å². The molecule has 0 amide bonds. The first-order chi connectivity index (χ1) is 6.84. The van der Waals surface area contributed by atoms with E-state index in [0.717, 1.165) is 5.56 Å². The van der Waals surface area contributed by atoms with Crippen molar-refractivity contribution in [3.63, 3.8) is 0 Å². The summed E-state index contributed by atoms with van der Waals surface area (Å²) in [6.07, 6.45) is -0.761. The van der Waals surface area contributed by atoms with Crippen molar-refractivity contribution in [2.75, 3.05) is 0 Å². The largest absolute Gasteiger partial charge is 0.317 e. The first kappa shape index (κ1) is 10.5. The highest BCUT2D eigenvalue weighted by Crippen LogP contribution is 2.59. The van der Waals surface area contributed by atoms with Crippen LogP contribution in [0.25, 0.3) is 0 Å². The summed E-state index contributed by atoms with van der Waals surface area (Å²) in [7, 11) is 0. The predicted octanol–water partition coefficient (Wildman–Crippen LogP) is 3.75. The van der Waals surface area contributed by atoms with Crippen LogP contribution in [0.3, 0.4) is 0 Å². The van der Waals surface area contributed by atoms with Gasteiger partial charge in [-0.2, -0.15) is 17.6 Å². The van der Waals surface area contributed by atoms with E-state index in [4.69, 9.17) is 0 Å². The molecule has 2 rings (SSSR count). The van der Waals surface area contributed by atoms with Crippen LogP contribution in [0.2, 0.25) is 0 Å². The average Bonchev–Trinajstić information content (AvgIpc) is 2.16. The van der Waals surface area contributed by atoms with Crippen molar-refractivity contribution in [3.05, 3.63) is 35.4 Å². The van der Waals surface area contributed by atoms with E-state index in [1.165, 1.54) is 12.1 Å². The number of aryl methyl sites for hydroxylation is 1. The van der Waals surface area contributed by atoms with Gasteiger partial charge in [0.2, 0.25) is 0 Å². The Morgan fingerprint density at radius 3 is 2.00 bits per heavy atom. The minimum Gasteiger partial charge on any atom is -0.200 e. The molecule has 1 aromatic rings. The third-order valence-corrected chi connectivity index (χ3v) is 2.87. The van der Waals surface area contributed by atoms with Crippen LogP contribution in [0.15, 0.2) is 24.3 Å². The van der Waals surface area contributed by atoms with E-state index in [1.807, 2.05) is 6.92 Å². The van der Waals surface area contributed by atoms with E-state index < -0.39 is 24.2 Å². The summed E-state index contributed by atoms with van der Waals surface area (Å²) >= 11 is 0.